The summed E-state index contributed by atoms with van der Waals surface area (Å²) in [6.07, 6.45) is 1.66. The maximum atomic E-state index is 11.8. The molecule has 0 unspecified atom stereocenters. The van der Waals surface area contributed by atoms with E-state index in [0.717, 1.165) is 16.7 Å². The van der Waals surface area contributed by atoms with Crippen LogP contribution in [0, 0.1) is 6.92 Å². The third-order valence-corrected chi connectivity index (χ3v) is 2.93. The molecule has 1 heterocycles. The van der Waals surface area contributed by atoms with Gasteiger partial charge >= 0.3 is 0 Å². The van der Waals surface area contributed by atoms with Crippen molar-refractivity contribution in [2.75, 3.05) is 5.73 Å². The average molecular weight is 244 g/mol. The molecule has 0 bridgehead atoms. The molecule has 94 valence electrons. The van der Waals surface area contributed by atoms with Crippen molar-refractivity contribution >= 4 is 5.69 Å². The first-order valence-electron chi connectivity index (χ1n) is 5.75. The molecule has 0 aliphatic carbocycles. The van der Waals surface area contributed by atoms with Crippen LogP contribution in [0.2, 0.25) is 0 Å². The van der Waals surface area contributed by atoms with Gasteiger partial charge in [-0.05, 0) is 23.6 Å². The molecule has 4 nitrogen and oxygen atoms in total. The molecule has 0 aliphatic heterocycles. The molecule has 4 heteroatoms. The predicted octanol–water partition coefficient (Wildman–Crippen LogP) is 1.28. The second-order valence-corrected chi connectivity index (χ2v) is 4.35. The lowest BCUT2D eigenvalue weighted by atomic mass is 10.1. The molecule has 1 aromatic heterocycles. The Morgan fingerprint density at radius 2 is 1.83 bits per heavy atom. The minimum absolute atomic E-state index is 0.0255. The highest BCUT2D eigenvalue weighted by Crippen LogP contribution is 2.09. The first-order valence-corrected chi connectivity index (χ1v) is 5.75. The molecule has 0 aliphatic rings. The Hall–Kier alpha value is -2.07. The van der Waals surface area contributed by atoms with E-state index in [1.807, 2.05) is 31.2 Å². The number of nitrogens with two attached hydrogens (primary N) is 1. The van der Waals surface area contributed by atoms with Crippen molar-refractivity contribution in [1.82, 2.24) is 4.57 Å². The Balaban J connectivity index is 2.28. The van der Waals surface area contributed by atoms with Crippen LogP contribution in [0.4, 0.5) is 5.69 Å². The zero-order valence-electron chi connectivity index (χ0n) is 10.3. The molecule has 2 rings (SSSR count). The topological polar surface area (TPSA) is 68.2 Å². The van der Waals surface area contributed by atoms with Crippen molar-refractivity contribution < 1.29 is 5.11 Å². The molecule has 18 heavy (non-hydrogen) atoms. The molecule has 0 atom stereocenters. The molecule has 2 aromatic rings. The molecule has 1 aromatic carbocycles. The fourth-order valence-corrected chi connectivity index (χ4v) is 1.76. The number of aryl methyl sites for hydroxylation is 1. The van der Waals surface area contributed by atoms with Crippen LogP contribution in [0.15, 0.2) is 41.3 Å². The van der Waals surface area contributed by atoms with Gasteiger partial charge in [0.2, 0.25) is 0 Å². The lowest BCUT2D eigenvalue weighted by Crippen LogP contribution is -2.20. The molecule has 3 N–H and O–H groups in total. The smallest absolute Gasteiger partial charge is 0.251 e. The first-order chi connectivity index (χ1) is 8.60. The van der Waals surface area contributed by atoms with Gasteiger partial charge in [-0.1, -0.05) is 24.3 Å². The van der Waals surface area contributed by atoms with Crippen LogP contribution >= 0.6 is 0 Å². The fourth-order valence-electron chi connectivity index (χ4n) is 1.76. The summed E-state index contributed by atoms with van der Waals surface area (Å²) in [6, 6.07) is 9.02. The van der Waals surface area contributed by atoms with E-state index in [9.17, 15) is 4.79 Å². The summed E-state index contributed by atoms with van der Waals surface area (Å²) >= 11 is 0. The van der Waals surface area contributed by atoms with Crippen molar-refractivity contribution in [3.05, 3.63) is 63.6 Å². The largest absolute Gasteiger partial charge is 0.397 e. The van der Waals surface area contributed by atoms with Gasteiger partial charge in [-0.2, -0.15) is 0 Å². The van der Waals surface area contributed by atoms with E-state index >= 15 is 0 Å². The van der Waals surface area contributed by atoms with Gasteiger partial charge < -0.3 is 15.4 Å². The second kappa shape index (κ2) is 5.06. The molecule has 0 fully saturated rings. The summed E-state index contributed by atoms with van der Waals surface area (Å²) in [7, 11) is 0. The number of hydrogen-bond donors (Lipinski definition) is 2. The summed E-state index contributed by atoms with van der Waals surface area (Å²) < 4.78 is 1.58. The van der Waals surface area contributed by atoms with Gasteiger partial charge in [0.05, 0.1) is 18.8 Å². The zero-order valence-corrected chi connectivity index (χ0v) is 10.3. The Morgan fingerprint density at radius 3 is 2.44 bits per heavy atom. The van der Waals surface area contributed by atoms with E-state index in [4.69, 9.17) is 10.8 Å². The number of nitrogens with zero attached hydrogens (tertiary/aromatic N) is 1. The number of aromatic nitrogens is 1. The van der Waals surface area contributed by atoms with Crippen molar-refractivity contribution in [3.8, 4) is 0 Å². The Labute approximate surface area is 105 Å². The van der Waals surface area contributed by atoms with E-state index in [1.165, 1.54) is 6.07 Å². The summed E-state index contributed by atoms with van der Waals surface area (Å²) in [5.74, 6) is 0. The Morgan fingerprint density at radius 1 is 1.22 bits per heavy atom. The van der Waals surface area contributed by atoms with E-state index in [0.29, 0.717) is 12.2 Å². The highest BCUT2D eigenvalue weighted by Gasteiger charge is 2.02. The van der Waals surface area contributed by atoms with Gasteiger partial charge in [0.1, 0.15) is 0 Å². The van der Waals surface area contributed by atoms with Crippen LogP contribution in [0.1, 0.15) is 16.7 Å². The van der Waals surface area contributed by atoms with Crippen LogP contribution in [0.25, 0.3) is 0 Å². The van der Waals surface area contributed by atoms with Gasteiger partial charge in [0, 0.05) is 12.3 Å². The minimum Gasteiger partial charge on any atom is -0.397 e. The van der Waals surface area contributed by atoms with Crippen LogP contribution in [0.5, 0.6) is 0 Å². The molecule has 0 radical (unpaired) electrons. The summed E-state index contributed by atoms with van der Waals surface area (Å²) in [5.41, 5.74) is 9.00. The normalized spacial score (nSPS) is 10.6. The lowest BCUT2D eigenvalue weighted by Gasteiger charge is -2.08. The number of hydrogen-bond acceptors (Lipinski definition) is 3. The van der Waals surface area contributed by atoms with E-state index in [1.54, 1.807) is 10.8 Å². The number of benzene rings is 1. The first kappa shape index (κ1) is 12.4. The van der Waals surface area contributed by atoms with E-state index in [-0.39, 0.29) is 12.2 Å². The number of aliphatic hydroxyl groups is 1. The van der Waals surface area contributed by atoms with Gasteiger partial charge in [0.15, 0.2) is 0 Å². The minimum atomic E-state index is -0.0621. The quantitative estimate of drug-likeness (QED) is 0.854. The van der Waals surface area contributed by atoms with Crippen LogP contribution in [-0.2, 0) is 13.2 Å². The molecular formula is C14H16N2O2. The molecule has 0 spiro atoms. The second-order valence-electron chi connectivity index (χ2n) is 4.35. The molecule has 0 saturated heterocycles. The van der Waals surface area contributed by atoms with Crippen molar-refractivity contribution in [2.45, 2.75) is 20.1 Å². The number of rotatable bonds is 3. The lowest BCUT2D eigenvalue weighted by molar-refractivity contribution is 0.282. The summed E-state index contributed by atoms with van der Waals surface area (Å²) in [6.45, 7) is 2.32. The van der Waals surface area contributed by atoms with Crippen LogP contribution < -0.4 is 11.3 Å². The van der Waals surface area contributed by atoms with Crippen LogP contribution in [-0.4, -0.2) is 9.67 Å². The van der Waals surface area contributed by atoms with Crippen LogP contribution in [0.3, 0.4) is 0 Å². The highest BCUT2D eigenvalue weighted by molar-refractivity contribution is 5.43. The van der Waals surface area contributed by atoms with Gasteiger partial charge in [-0.3, -0.25) is 4.79 Å². The molecule has 0 saturated carbocycles. The number of aliphatic hydroxyl groups excluding tert-OH is 1. The summed E-state index contributed by atoms with van der Waals surface area (Å²) in [5, 5.41) is 8.96. The summed E-state index contributed by atoms with van der Waals surface area (Å²) in [4.78, 5) is 11.8. The number of anilines is 1. The van der Waals surface area contributed by atoms with Gasteiger partial charge in [-0.15, -0.1) is 0 Å². The van der Waals surface area contributed by atoms with Crippen molar-refractivity contribution in [2.24, 2.45) is 0 Å². The predicted molar refractivity (Wildman–Crippen MR) is 71.3 cm³/mol. The molecular weight excluding hydrogens is 228 g/mol. The highest BCUT2D eigenvalue weighted by atomic mass is 16.3. The maximum absolute atomic E-state index is 11.8. The fraction of sp³-hybridized carbons (Fsp3) is 0.214. The monoisotopic (exact) mass is 244 g/mol. The maximum Gasteiger partial charge on any atom is 0.251 e. The third-order valence-electron chi connectivity index (χ3n) is 2.93. The third kappa shape index (κ3) is 2.60. The Kier molecular flexibility index (Phi) is 3.48. The molecule has 0 amide bonds. The average Bonchev–Trinajstić information content (AvgIpc) is 2.37. The SMILES string of the molecule is Cc1cc(=O)n(Cc2ccc(CO)cc2)cc1N. The Bertz CT molecular complexity index is 600. The standard InChI is InChI=1S/C14H16N2O2/c1-10-6-14(18)16(8-13(10)15)7-11-2-4-12(9-17)5-3-11/h2-6,8,17H,7,9,15H2,1H3. The van der Waals surface area contributed by atoms with Gasteiger partial charge in [-0.25, -0.2) is 0 Å². The zero-order chi connectivity index (χ0) is 13.1. The van der Waals surface area contributed by atoms with E-state index in [2.05, 4.69) is 0 Å². The number of pyridine rings is 1. The van der Waals surface area contributed by atoms with Crippen molar-refractivity contribution in [3.63, 3.8) is 0 Å². The number of nitrogen functional groups attached to an aromatic ring is 1. The van der Waals surface area contributed by atoms with Gasteiger partial charge in [0.25, 0.3) is 5.56 Å². The van der Waals surface area contributed by atoms with Crippen molar-refractivity contribution in [1.29, 1.82) is 0 Å². The van der Waals surface area contributed by atoms with E-state index < -0.39 is 0 Å².